The number of hydrogen-bond acceptors (Lipinski definition) is 11. The van der Waals surface area contributed by atoms with E-state index >= 15 is 0 Å². The number of carbonyl (C=O) groups is 1. The van der Waals surface area contributed by atoms with E-state index in [0.717, 1.165) is 78.7 Å². The van der Waals surface area contributed by atoms with E-state index in [4.69, 9.17) is 9.72 Å². The molecule has 3 aromatic heterocycles. The molecule has 2 aliphatic heterocycles. The molecule has 14 heteroatoms. The molecule has 4 aromatic rings. The summed E-state index contributed by atoms with van der Waals surface area (Å²) in [5.74, 6) is 1.90. The Hall–Kier alpha value is -3.72. The molecule has 6 rings (SSSR count). The minimum Gasteiger partial charge on any atom is -0.379 e. The summed E-state index contributed by atoms with van der Waals surface area (Å²) in [6, 6.07) is 11.9. The van der Waals surface area contributed by atoms with Gasteiger partial charge in [-0.05, 0) is 66.1 Å². The summed E-state index contributed by atoms with van der Waals surface area (Å²) in [6.07, 6.45) is 5.01. The number of ether oxygens (including phenoxy) is 1. The number of rotatable bonds is 9. The quantitative estimate of drug-likeness (QED) is 0.256. The first-order chi connectivity index (χ1) is 20.5. The number of aromatic nitrogens is 6. The van der Waals surface area contributed by atoms with Gasteiger partial charge in [-0.15, -0.1) is 15.0 Å². The minimum atomic E-state index is -0.0381. The molecule has 0 aliphatic carbocycles. The lowest BCUT2D eigenvalue weighted by atomic mass is 10.1. The fourth-order valence-electron chi connectivity index (χ4n) is 5.01. The molecule has 1 aromatic carbocycles. The van der Waals surface area contributed by atoms with Gasteiger partial charge in [0.05, 0.1) is 30.0 Å². The average molecular weight is 652 g/mol. The highest BCUT2D eigenvalue weighted by atomic mass is 79.9. The van der Waals surface area contributed by atoms with Crippen LogP contribution in [0.4, 0.5) is 16.8 Å². The number of thiazole rings is 1. The van der Waals surface area contributed by atoms with E-state index in [-0.39, 0.29) is 11.9 Å². The third kappa shape index (κ3) is 7.01. The predicted octanol–water partition coefficient (Wildman–Crippen LogP) is 4.11. The van der Waals surface area contributed by atoms with Gasteiger partial charge in [-0.25, -0.2) is 9.97 Å². The summed E-state index contributed by atoms with van der Waals surface area (Å²) in [5.41, 5.74) is 1.94. The van der Waals surface area contributed by atoms with Gasteiger partial charge in [-0.1, -0.05) is 33.8 Å². The van der Waals surface area contributed by atoms with Crippen LogP contribution in [0.2, 0.25) is 0 Å². The molecule has 2 N–H and O–H groups in total. The number of tetrazole rings is 1. The van der Waals surface area contributed by atoms with E-state index in [0.29, 0.717) is 23.3 Å². The van der Waals surface area contributed by atoms with Gasteiger partial charge in [0, 0.05) is 43.2 Å². The monoisotopic (exact) mass is 650 g/mol. The Morgan fingerprint density at radius 2 is 1.98 bits per heavy atom. The first-order valence-corrected chi connectivity index (χ1v) is 15.4. The number of morpholine rings is 1. The molecule has 2 fully saturated rings. The minimum absolute atomic E-state index is 0.0381. The van der Waals surface area contributed by atoms with Crippen molar-refractivity contribution in [3.8, 4) is 16.4 Å². The van der Waals surface area contributed by atoms with Gasteiger partial charge in [0.1, 0.15) is 11.6 Å². The second-order valence-electron chi connectivity index (χ2n) is 10.1. The molecule has 42 heavy (non-hydrogen) atoms. The van der Waals surface area contributed by atoms with Gasteiger partial charge in [0.25, 0.3) is 0 Å². The smallest absolute Gasteiger partial charge is 0.246 e. The second kappa shape index (κ2) is 13.1. The third-order valence-electron chi connectivity index (χ3n) is 7.09. The van der Waals surface area contributed by atoms with Gasteiger partial charge < -0.3 is 20.3 Å². The topological polar surface area (TPSA) is 126 Å². The van der Waals surface area contributed by atoms with E-state index in [1.54, 1.807) is 6.20 Å². The van der Waals surface area contributed by atoms with Crippen molar-refractivity contribution < 1.29 is 9.53 Å². The summed E-state index contributed by atoms with van der Waals surface area (Å²) < 4.78 is 6.51. The van der Waals surface area contributed by atoms with Crippen LogP contribution in [0, 0.1) is 0 Å². The van der Waals surface area contributed by atoms with Crippen LogP contribution in [0.25, 0.3) is 16.4 Å². The van der Waals surface area contributed by atoms with Crippen LogP contribution in [-0.4, -0.2) is 91.3 Å². The molecule has 5 heterocycles. The SMILES string of the molecule is C=CC(=O)N1CCC[C@H](Nc2cc(CN3CCOCC3)cc(Nc3ncc(-c4nnn(-c5ccc(Br)cc5)n4)s3)n2)C1. The molecular weight excluding hydrogens is 620 g/mol. The van der Waals surface area contributed by atoms with Crippen molar-refractivity contribution in [3.63, 3.8) is 0 Å². The zero-order valence-electron chi connectivity index (χ0n) is 22.9. The van der Waals surface area contributed by atoms with Crippen LogP contribution >= 0.6 is 27.3 Å². The number of nitrogens with zero attached hydrogens (tertiary/aromatic N) is 8. The van der Waals surface area contributed by atoms with Gasteiger partial charge in [0.15, 0.2) is 5.13 Å². The number of anilines is 3. The van der Waals surface area contributed by atoms with Crippen LogP contribution < -0.4 is 10.6 Å². The molecule has 0 radical (unpaired) electrons. The van der Waals surface area contributed by atoms with Gasteiger partial charge in [-0.3, -0.25) is 9.69 Å². The number of carbonyl (C=O) groups excluding carboxylic acids is 1. The van der Waals surface area contributed by atoms with E-state index in [1.165, 1.54) is 22.2 Å². The van der Waals surface area contributed by atoms with Crippen LogP contribution in [0.3, 0.4) is 0 Å². The van der Waals surface area contributed by atoms with Crippen LogP contribution in [0.1, 0.15) is 18.4 Å². The second-order valence-corrected chi connectivity index (χ2v) is 12.1. The van der Waals surface area contributed by atoms with Crippen molar-refractivity contribution in [2.24, 2.45) is 0 Å². The van der Waals surface area contributed by atoms with Crippen LogP contribution in [-0.2, 0) is 16.1 Å². The van der Waals surface area contributed by atoms with Crippen molar-refractivity contribution >= 4 is 49.9 Å². The predicted molar refractivity (Wildman–Crippen MR) is 165 cm³/mol. The van der Waals surface area contributed by atoms with E-state index in [1.807, 2.05) is 29.2 Å². The first kappa shape index (κ1) is 28.4. The maximum absolute atomic E-state index is 12.2. The van der Waals surface area contributed by atoms with E-state index < -0.39 is 0 Å². The summed E-state index contributed by atoms with van der Waals surface area (Å²) in [5, 5.41) is 20.6. The number of likely N-dealkylation sites (tertiary alicyclic amines) is 1. The van der Waals surface area contributed by atoms with Crippen molar-refractivity contribution in [3.05, 3.63) is 65.3 Å². The highest BCUT2D eigenvalue weighted by molar-refractivity contribution is 9.10. The molecule has 218 valence electrons. The van der Waals surface area contributed by atoms with Crippen molar-refractivity contribution in [1.29, 1.82) is 0 Å². The van der Waals surface area contributed by atoms with Crippen LogP contribution in [0.5, 0.6) is 0 Å². The highest BCUT2D eigenvalue weighted by Crippen LogP contribution is 2.29. The summed E-state index contributed by atoms with van der Waals surface area (Å²) >= 11 is 4.88. The molecule has 12 nitrogen and oxygen atoms in total. The standard InChI is InChI=1S/C28H31BrN10O2S/c1-2-26(40)38-9-3-4-21(18-38)31-24-14-19(17-37-10-12-41-13-11-37)15-25(32-24)33-28-30-16-23(42-28)27-34-36-39(35-27)22-7-5-20(29)6-8-22/h2,5-8,14-16,21H,1,3-4,9-13,17-18H2,(H2,30,31,32,33)/t21-/m0/s1. The van der Waals surface area contributed by atoms with Crippen molar-refractivity contribution in [2.75, 3.05) is 50.0 Å². The number of piperidine rings is 1. The maximum Gasteiger partial charge on any atom is 0.246 e. The number of amides is 1. The van der Waals surface area contributed by atoms with Gasteiger partial charge in [0.2, 0.25) is 11.7 Å². The van der Waals surface area contributed by atoms with Crippen molar-refractivity contribution in [2.45, 2.75) is 25.4 Å². The molecule has 0 unspecified atom stereocenters. The van der Waals surface area contributed by atoms with Crippen molar-refractivity contribution in [1.82, 2.24) is 40.0 Å². The summed E-state index contributed by atoms with van der Waals surface area (Å²) in [4.78, 5) is 28.1. The molecule has 2 saturated heterocycles. The number of halogens is 1. The number of pyridine rings is 1. The Morgan fingerprint density at radius 3 is 2.79 bits per heavy atom. The molecule has 2 aliphatic rings. The van der Waals surface area contributed by atoms with E-state index in [2.05, 4.69) is 70.6 Å². The van der Waals surface area contributed by atoms with Crippen LogP contribution in [0.15, 0.2) is 59.7 Å². The third-order valence-corrected chi connectivity index (χ3v) is 8.52. The zero-order valence-corrected chi connectivity index (χ0v) is 25.4. The molecule has 0 bridgehead atoms. The Balaban J connectivity index is 1.20. The fourth-order valence-corrected chi connectivity index (χ4v) is 6.02. The molecule has 1 amide bonds. The highest BCUT2D eigenvalue weighted by Gasteiger charge is 2.23. The lowest BCUT2D eigenvalue weighted by Gasteiger charge is -2.33. The molecular formula is C28H31BrN10O2S. The number of nitrogens with one attached hydrogen (secondary N) is 2. The Kier molecular flexibility index (Phi) is 8.84. The molecule has 1 atom stereocenters. The lowest BCUT2D eigenvalue weighted by molar-refractivity contribution is -0.127. The summed E-state index contributed by atoms with van der Waals surface area (Å²) in [6.45, 7) is 9.03. The summed E-state index contributed by atoms with van der Waals surface area (Å²) in [7, 11) is 0. The van der Waals surface area contributed by atoms with Gasteiger partial charge in [-0.2, -0.15) is 0 Å². The molecule has 0 spiro atoms. The lowest BCUT2D eigenvalue weighted by Crippen LogP contribution is -2.44. The van der Waals surface area contributed by atoms with E-state index in [9.17, 15) is 4.79 Å². The Morgan fingerprint density at radius 1 is 1.17 bits per heavy atom. The maximum atomic E-state index is 12.2. The normalized spacial score (nSPS) is 17.6. The average Bonchev–Trinajstić information content (AvgIpc) is 3.68. The zero-order chi connectivity index (χ0) is 28.9. The molecule has 0 saturated carbocycles. The first-order valence-electron chi connectivity index (χ1n) is 13.8. The fraction of sp³-hybridized carbons (Fsp3) is 0.357. The number of benzene rings is 1. The Labute approximate surface area is 255 Å². The largest absolute Gasteiger partial charge is 0.379 e. The van der Waals surface area contributed by atoms with Gasteiger partial charge >= 0.3 is 0 Å². The number of hydrogen-bond donors (Lipinski definition) is 2. The Bertz CT molecular complexity index is 1540.